The Morgan fingerprint density at radius 3 is 2.64 bits per heavy atom. The number of aryl methyl sites for hydroxylation is 2. The predicted octanol–water partition coefficient (Wildman–Crippen LogP) is 4.19. The summed E-state index contributed by atoms with van der Waals surface area (Å²) in [7, 11) is 0. The maximum Gasteiger partial charge on any atom is 0.319 e. The molecule has 2 N–H and O–H groups in total. The SMILES string of the molecule is Cc1cc(C)n(Cc2cccc(NC(=O)NCCc3ccc(F)cc3F)c2)n1. The Morgan fingerprint density at radius 1 is 1.11 bits per heavy atom. The van der Waals surface area contributed by atoms with Gasteiger partial charge in [-0.05, 0) is 55.7 Å². The van der Waals surface area contributed by atoms with Gasteiger partial charge in [-0.15, -0.1) is 0 Å². The molecule has 0 atom stereocenters. The summed E-state index contributed by atoms with van der Waals surface area (Å²) in [5.74, 6) is -1.23. The molecule has 0 aliphatic carbocycles. The lowest BCUT2D eigenvalue weighted by atomic mass is 10.1. The topological polar surface area (TPSA) is 59.0 Å². The number of amides is 2. The molecule has 2 amide bonds. The van der Waals surface area contributed by atoms with Gasteiger partial charge in [0.1, 0.15) is 11.6 Å². The molecule has 0 saturated heterocycles. The van der Waals surface area contributed by atoms with Crippen molar-refractivity contribution in [2.24, 2.45) is 0 Å². The molecule has 0 aliphatic rings. The molecule has 2 aromatic carbocycles. The van der Waals surface area contributed by atoms with Gasteiger partial charge < -0.3 is 10.6 Å². The first-order chi connectivity index (χ1) is 13.4. The number of benzene rings is 2. The first-order valence-corrected chi connectivity index (χ1v) is 8.99. The van der Waals surface area contributed by atoms with Crippen LogP contribution in [-0.4, -0.2) is 22.4 Å². The van der Waals surface area contributed by atoms with E-state index in [9.17, 15) is 13.6 Å². The Morgan fingerprint density at radius 2 is 1.93 bits per heavy atom. The van der Waals surface area contributed by atoms with E-state index in [-0.39, 0.29) is 19.0 Å². The lowest BCUT2D eigenvalue weighted by molar-refractivity contribution is 0.252. The summed E-state index contributed by atoms with van der Waals surface area (Å²) in [6, 6.07) is 12.6. The molecule has 7 heteroatoms. The normalized spacial score (nSPS) is 10.7. The van der Waals surface area contributed by atoms with Crippen molar-refractivity contribution in [3.63, 3.8) is 0 Å². The van der Waals surface area contributed by atoms with E-state index in [0.717, 1.165) is 23.0 Å². The van der Waals surface area contributed by atoms with Gasteiger partial charge in [0.25, 0.3) is 0 Å². The van der Waals surface area contributed by atoms with Crippen LogP contribution in [0.1, 0.15) is 22.5 Å². The zero-order valence-corrected chi connectivity index (χ0v) is 15.8. The van der Waals surface area contributed by atoms with Crippen molar-refractivity contribution < 1.29 is 13.6 Å². The lowest BCUT2D eigenvalue weighted by Crippen LogP contribution is -2.30. The van der Waals surface area contributed by atoms with Crippen LogP contribution in [0.4, 0.5) is 19.3 Å². The highest BCUT2D eigenvalue weighted by molar-refractivity contribution is 5.89. The van der Waals surface area contributed by atoms with Crippen LogP contribution < -0.4 is 10.6 Å². The van der Waals surface area contributed by atoms with Gasteiger partial charge in [0.05, 0.1) is 12.2 Å². The summed E-state index contributed by atoms with van der Waals surface area (Å²) in [5.41, 5.74) is 4.06. The Labute approximate surface area is 162 Å². The molecule has 0 bridgehead atoms. The number of urea groups is 1. The Balaban J connectivity index is 1.53. The average molecular weight is 384 g/mol. The molecule has 28 heavy (non-hydrogen) atoms. The molecule has 5 nitrogen and oxygen atoms in total. The fraction of sp³-hybridized carbons (Fsp3) is 0.238. The van der Waals surface area contributed by atoms with Crippen molar-refractivity contribution >= 4 is 11.7 Å². The first kappa shape index (κ1) is 19.5. The largest absolute Gasteiger partial charge is 0.338 e. The highest BCUT2D eigenvalue weighted by Crippen LogP contribution is 2.13. The monoisotopic (exact) mass is 384 g/mol. The second-order valence-corrected chi connectivity index (χ2v) is 6.65. The number of nitrogens with zero attached hydrogens (tertiary/aromatic N) is 2. The lowest BCUT2D eigenvalue weighted by Gasteiger charge is -2.10. The van der Waals surface area contributed by atoms with Gasteiger partial charge in [-0.3, -0.25) is 4.68 Å². The molecular weight excluding hydrogens is 362 g/mol. The Hall–Kier alpha value is -3.22. The van der Waals surface area contributed by atoms with E-state index in [4.69, 9.17) is 0 Å². The molecule has 0 aliphatic heterocycles. The van der Waals surface area contributed by atoms with E-state index in [1.165, 1.54) is 12.1 Å². The third kappa shape index (κ3) is 5.16. The Kier molecular flexibility index (Phi) is 6.03. The van der Waals surface area contributed by atoms with Crippen LogP contribution in [0.5, 0.6) is 0 Å². The van der Waals surface area contributed by atoms with Crippen LogP contribution in [0, 0.1) is 25.5 Å². The van der Waals surface area contributed by atoms with Gasteiger partial charge in [-0.1, -0.05) is 18.2 Å². The maximum atomic E-state index is 13.6. The van der Waals surface area contributed by atoms with Crippen LogP contribution in [-0.2, 0) is 13.0 Å². The highest BCUT2D eigenvalue weighted by Gasteiger charge is 2.07. The summed E-state index contributed by atoms with van der Waals surface area (Å²) < 4.78 is 28.4. The quantitative estimate of drug-likeness (QED) is 0.670. The van der Waals surface area contributed by atoms with Gasteiger partial charge in [0.2, 0.25) is 0 Å². The van der Waals surface area contributed by atoms with Crippen molar-refractivity contribution in [1.29, 1.82) is 0 Å². The van der Waals surface area contributed by atoms with Crippen molar-refractivity contribution in [3.8, 4) is 0 Å². The van der Waals surface area contributed by atoms with Crippen LogP contribution >= 0.6 is 0 Å². The van der Waals surface area contributed by atoms with E-state index in [2.05, 4.69) is 15.7 Å². The summed E-state index contributed by atoms with van der Waals surface area (Å²) >= 11 is 0. The zero-order valence-electron chi connectivity index (χ0n) is 15.8. The first-order valence-electron chi connectivity index (χ1n) is 8.99. The molecule has 146 valence electrons. The molecule has 0 unspecified atom stereocenters. The maximum absolute atomic E-state index is 13.6. The second-order valence-electron chi connectivity index (χ2n) is 6.65. The van der Waals surface area contributed by atoms with Gasteiger partial charge in [0, 0.05) is 24.0 Å². The number of aromatic nitrogens is 2. The highest BCUT2D eigenvalue weighted by atomic mass is 19.1. The van der Waals surface area contributed by atoms with E-state index in [0.29, 0.717) is 17.8 Å². The summed E-state index contributed by atoms with van der Waals surface area (Å²) in [4.78, 5) is 12.1. The fourth-order valence-electron chi connectivity index (χ4n) is 2.97. The number of carbonyl (C=O) groups is 1. The minimum atomic E-state index is -0.618. The van der Waals surface area contributed by atoms with Crippen LogP contribution in [0.15, 0.2) is 48.5 Å². The van der Waals surface area contributed by atoms with Crippen molar-refractivity contribution in [1.82, 2.24) is 15.1 Å². The van der Waals surface area contributed by atoms with E-state index in [1.54, 1.807) is 6.07 Å². The van der Waals surface area contributed by atoms with Crippen LogP contribution in [0.25, 0.3) is 0 Å². The van der Waals surface area contributed by atoms with Gasteiger partial charge in [-0.2, -0.15) is 5.10 Å². The summed E-state index contributed by atoms with van der Waals surface area (Å²) in [6.45, 7) is 4.80. The smallest absolute Gasteiger partial charge is 0.319 e. The van der Waals surface area contributed by atoms with Crippen molar-refractivity contribution in [3.05, 3.63) is 82.7 Å². The van der Waals surface area contributed by atoms with Gasteiger partial charge >= 0.3 is 6.03 Å². The molecule has 3 rings (SSSR count). The predicted molar refractivity (Wildman–Crippen MR) is 104 cm³/mol. The average Bonchev–Trinajstić information content (AvgIpc) is 2.94. The number of hydrogen-bond donors (Lipinski definition) is 2. The molecule has 0 saturated carbocycles. The summed E-state index contributed by atoms with van der Waals surface area (Å²) in [5, 5.41) is 9.88. The number of rotatable bonds is 6. The standard InChI is InChI=1S/C21H22F2N4O/c1-14-10-15(2)27(26-14)13-16-4-3-5-19(11-16)25-21(28)24-9-8-17-6-7-18(22)12-20(17)23/h3-7,10-12H,8-9,13H2,1-2H3,(H2,24,25,28). The number of nitrogens with one attached hydrogen (secondary N) is 2. The third-order valence-electron chi connectivity index (χ3n) is 4.32. The number of hydrogen-bond acceptors (Lipinski definition) is 2. The van der Waals surface area contributed by atoms with Crippen molar-refractivity contribution in [2.45, 2.75) is 26.8 Å². The zero-order chi connectivity index (χ0) is 20.1. The molecule has 1 aromatic heterocycles. The van der Waals surface area contributed by atoms with E-state index in [1.807, 2.05) is 42.8 Å². The molecule has 0 spiro atoms. The molecule has 0 fully saturated rings. The molecule has 0 radical (unpaired) electrons. The third-order valence-corrected chi connectivity index (χ3v) is 4.32. The number of halogens is 2. The van der Waals surface area contributed by atoms with E-state index < -0.39 is 11.6 Å². The minimum Gasteiger partial charge on any atom is -0.338 e. The number of carbonyl (C=O) groups excluding carboxylic acids is 1. The van der Waals surface area contributed by atoms with Crippen LogP contribution in [0.2, 0.25) is 0 Å². The summed E-state index contributed by atoms with van der Waals surface area (Å²) in [6.07, 6.45) is 0.275. The van der Waals surface area contributed by atoms with Gasteiger partial charge in [-0.25, -0.2) is 13.6 Å². The van der Waals surface area contributed by atoms with Gasteiger partial charge in [0.15, 0.2) is 0 Å². The van der Waals surface area contributed by atoms with Crippen LogP contribution in [0.3, 0.4) is 0 Å². The molecular formula is C21H22F2N4O. The second kappa shape index (κ2) is 8.65. The minimum absolute atomic E-state index is 0.236. The van der Waals surface area contributed by atoms with Crippen molar-refractivity contribution in [2.75, 3.05) is 11.9 Å². The molecule has 1 heterocycles. The van der Waals surface area contributed by atoms with E-state index >= 15 is 0 Å². The number of anilines is 1. The molecule has 3 aromatic rings. The Bertz CT molecular complexity index is 984. The fourth-order valence-corrected chi connectivity index (χ4v) is 2.97.